The lowest BCUT2D eigenvalue weighted by atomic mass is 9.71. The van der Waals surface area contributed by atoms with Crippen molar-refractivity contribution in [2.24, 2.45) is 5.11 Å². The van der Waals surface area contributed by atoms with Crippen molar-refractivity contribution in [1.29, 1.82) is 0 Å². The number of rotatable bonds is 3. The number of aryl methyl sites for hydroxylation is 1. The molecule has 0 heterocycles. The minimum atomic E-state index is -0.435. The SMILES string of the molecule is C=C[C@H]1c2cc(OC)ccc2CCC1(C)N=[N+]=[N-]. The average Bonchev–Trinajstić information content (AvgIpc) is 2.38. The van der Waals surface area contributed by atoms with Gasteiger partial charge in [0.2, 0.25) is 0 Å². The number of hydrogen-bond acceptors (Lipinski definition) is 2. The van der Waals surface area contributed by atoms with Crippen LogP contribution in [0.15, 0.2) is 36.0 Å². The van der Waals surface area contributed by atoms with Crippen LogP contribution in [0.1, 0.15) is 30.4 Å². The fourth-order valence-electron chi connectivity index (χ4n) is 2.69. The molecule has 0 aromatic heterocycles. The van der Waals surface area contributed by atoms with Crippen LogP contribution in [0.25, 0.3) is 10.4 Å². The molecule has 0 bridgehead atoms. The summed E-state index contributed by atoms with van der Waals surface area (Å²) in [6, 6.07) is 6.07. The van der Waals surface area contributed by atoms with E-state index in [1.807, 2.05) is 25.1 Å². The molecule has 0 amide bonds. The molecule has 0 spiro atoms. The highest BCUT2D eigenvalue weighted by atomic mass is 16.5. The zero-order valence-electron chi connectivity index (χ0n) is 10.8. The van der Waals surface area contributed by atoms with Crippen molar-refractivity contribution >= 4 is 0 Å². The Bertz CT molecular complexity index is 520. The van der Waals surface area contributed by atoms with E-state index in [2.05, 4.69) is 22.7 Å². The molecule has 1 aromatic carbocycles. The van der Waals surface area contributed by atoms with E-state index >= 15 is 0 Å². The fourth-order valence-corrected chi connectivity index (χ4v) is 2.69. The van der Waals surface area contributed by atoms with Crippen molar-refractivity contribution in [2.75, 3.05) is 7.11 Å². The third-order valence-corrected chi connectivity index (χ3v) is 3.77. The molecule has 0 N–H and O–H groups in total. The van der Waals surface area contributed by atoms with Gasteiger partial charge in [0, 0.05) is 10.8 Å². The lowest BCUT2D eigenvalue weighted by Crippen LogP contribution is -2.34. The van der Waals surface area contributed by atoms with Crippen LogP contribution in [0.2, 0.25) is 0 Å². The maximum absolute atomic E-state index is 8.75. The molecule has 2 atom stereocenters. The van der Waals surface area contributed by atoms with Crippen molar-refractivity contribution in [3.63, 3.8) is 0 Å². The van der Waals surface area contributed by atoms with Crippen molar-refractivity contribution < 1.29 is 4.74 Å². The molecular formula is C14H17N3O. The van der Waals surface area contributed by atoms with E-state index in [-0.39, 0.29) is 5.92 Å². The van der Waals surface area contributed by atoms with Crippen LogP contribution >= 0.6 is 0 Å². The number of benzene rings is 1. The number of ether oxygens (including phenoxy) is 1. The summed E-state index contributed by atoms with van der Waals surface area (Å²) in [5.74, 6) is 0.859. The van der Waals surface area contributed by atoms with Crippen LogP contribution in [0, 0.1) is 0 Å². The second-order valence-corrected chi connectivity index (χ2v) is 4.82. The maximum atomic E-state index is 8.75. The third kappa shape index (κ3) is 1.95. The van der Waals surface area contributed by atoms with E-state index in [1.165, 1.54) is 5.56 Å². The summed E-state index contributed by atoms with van der Waals surface area (Å²) in [7, 11) is 1.65. The number of azide groups is 1. The Hall–Kier alpha value is -1.93. The fraction of sp³-hybridized carbons (Fsp3) is 0.429. The normalized spacial score (nSPS) is 25.8. The first-order valence-electron chi connectivity index (χ1n) is 6.00. The van der Waals surface area contributed by atoms with E-state index in [9.17, 15) is 0 Å². The molecule has 0 saturated heterocycles. The molecule has 1 aliphatic carbocycles. The van der Waals surface area contributed by atoms with Gasteiger partial charge in [-0.2, -0.15) is 0 Å². The van der Waals surface area contributed by atoms with Gasteiger partial charge in [0.15, 0.2) is 0 Å². The monoisotopic (exact) mass is 243 g/mol. The van der Waals surface area contributed by atoms with Crippen molar-refractivity contribution in [1.82, 2.24) is 0 Å². The molecule has 0 aliphatic heterocycles. The van der Waals surface area contributed by atoms with E-state index in [4.69, 9.17) is 10.3 Å². The first-order chi connectivity index (χ1) is 8.64. The Morgan fingerprint density at radius 3 is 3.00 bits per heavy atom. The molecule has 18 heavy (non-hydrogen) atoms. The second kappa shape index (κ2) is 4.75. The summed E-state index contributed by atoms with van der Waals surface area (Å²) >= 11 is 0. The summed E-state index contributed by atoms with van der Waals surface area (Å²) in [6.45, 7) is 5.88. The van der Waals surface area contributed by atoms with E-state index in [0.29, 0.717) is 0 Å². The Kier molecular flexibility index (Phi) is 3.30. The molecular weight excluding hydrogens is 226 g/mol. The zero-order valence-corrected chi connectivity index (χ0v) is 10.8. The van der Waals surface area contributed by atoms with Crippen molar-refractivity contribution in [3.05, 3.63) is 52.4 Å². The highest BCUT2D eigenvalue weighted by Crippen LogP contribution is 2.43. The van der Waals surface area contributed by atoms with Gasteiger partial charge < -0.3 is 4.74 Å². The summed E-state index contributed by atoms with van der Waals surface area (Å²) in [4.78, 5) is 2.99. The predicted octanol–water partition coefficient (Wildman–Crippen LogP) is 3.98. The predicted molar refractivity (Wildman–Crippen MR) is 71.8 cm³/mol. The van der Waals surface area contributed by atoms with Gasteiger partial charge in [-0.25, -0.2) is 0 Å². The Morgan fingerprint density at radius 1 is 1.61 bits per heavy atom. The van der Waals surface area contributed by atoms with Gasteiger partial charge in [-0.05, 0) is 41.6 Å². The van der Waals surface area contributed by atoms with Crippen molar-refractivity contribution in [2.45, 2.75) is 31.2 Å². The molecule has 1 aliphatic rings. The standard InChI is InChI=1S/C14H17N3O/c1-4-13-12-9-11(18-3)6-5-10(12)7-8-14(13,2)16-17-15/h4-6,9,13H,1,7-8H2,2-3H3/t13-,14?/m0/s1. The first-order valence-corrected chi connectivity index (χ1v) is 6.00. The minimum Gasteiger partial charge on any atom is -0.497 e. The zero-order chi connectivity index (χ0) is 13.2. The minimum absolute atomic E-state index is 0.0345. The van der Waals surface area contributed by atoms with E-state index in [0.717, 1.165) is 24.2 Å². The molecule has 0 saturated carbocycles. The van der Waals surface area contributed by atoms with Crippen LogP contribution in [0.4, 0.5) is 0 Å². The smallest absolute Gasteiger partial charge is 0.119 e. The molecule has 4 nitrogen and oxygen atoms in total. The summed E-state index contributed by atoms with van der Waals surface area (Å²) < 4.78 is 5.26. The van der Waals surface area contributed by atoms with Crippen LogP contribution in [-0.4, -0.2) is 12.6 Å². The summed E-state index contributed by atoms with van der Waals surface area (Å²) in [5, 5.41) is 3.99. The molecule has 4 heteroatoms. The Balaban J connectivity index is 2.54. The highest BCUT2D eigenvalue weighted by Gasteiger charge is 2.37. The highest BCUT2D eigenvalue weighted by molar-refractivity contribution is 5.44. The van der Waals surface area contributed by atoms with Gasteiger partial charge in [0.1, 0.15) is 5.75 Å². The van der Waals surface area contributed by atoms with Gasteiger partial charge in [-0.1, -0.05) is 24.2 Å². The molecule has 1 aromatic rings. The van der Waals surface area contributed by atoms with Gasteiger partial charge in [0.05, 0.1) is 12.6 Å². The van der Waals surface area contributed by atoms with Crippen LogP contribution in [-0.2, 0) is 6.42 Å². The van der Waals surface area contributed by atoms with Crippen molar-refractivity contribution in [3.8, 4) is 5.75 Å². The third-order valence-electron chi connectivity index (χ3n) is 3.77. The van der Waals surface area contributed by atoms with Crippen LogP contribution in [0.5, 0.6) is 5.75 Å². The first kappa shape index (κ1) is 12.5. The van der Waals surface area contributed by atoms with E-state index in [1.54, 1.807) is 7.11 Å². The van der Waals surface area contributed by atoms with Gasteiger partial charge in [-0.15, -0.1) is 6.58 Å². The quantitative estimate of drug-likeness (QED) is 0.343. The van der Waals surface area contributed by atoms with Gasteiger partial charge in [-0.3, -0.25) is 0 Å². The van der Waals surface area contributed by atoms with Crippen LogP contribution < -0.4 is 4.74 Å². The number of methoxy groups -OCH3 is 1. The topological polar surface area (TPSA) is 58.0 Å². The van der Waals surface area contributed by atoms with Gasteiger partial charge >= 0.3 is 0 Å². The molecule has 0 fully saturated rings. The number of nitrogens with zero attached hydrogens (tertiary/aromatic N) is 3. The molecule has 2 rings (SSSR count). The van der Waals surface area contributed by atoms with Crippen LogP contribution in [0.3, 0.4) is 0 Å². The lowest BCUT2D eigenvalue weighted by Gasteiger charge is -2.37. The Labute approximate surface area is 107 Å². The van der Waals surface area contributed by atoms with E-state index < -0.39 is 5.54 Å². The molecule has 94 valence electrons. The number of hydrogen-bond donors (Lipinski definition) is 0. The molecule has 0 radical (unpaired) electrons. The lowest BCUT2D eigenvalue weighted by molar-refractivity contribution is 0.366. The van der Waals surface area contributed by atoms with Gasteiger partial charge in [0.25, 0.3) is 0 Å². The second-order valence-electron chi connectivity index (χ2n) is 4.82. The Morgan fingerprint density at radius 2 is 2.39 bits per heavy atom. The summed E-state index contributed by atoms with van der Waals surface area (Å²) in [6.07, 6.45) is 3.62. The largest absolute Gasteiger partial charge is 0.497 e. The number of fused-ring (bicyclic) bond motifs is 1. The average molecular weight is 243 g/mol. The molecule has 1 unspecified atom stereocenters. The summed E-state index contributed by atoms with van der Waals surface area (Å²) in [5.41, 5.74) is 10.8. The maximum Gasteiger partial charge on any atom is 0.119 e.